The third-order valence-corrected chi connectivity index (χ3v) is 23.7. The number of ether oxygens (including phenoxy) is 6. The molecule has 84 heavy (non-hydrogen) atoms. The number of hydrogen-bond acceptors (Lipinski definition) is 18. The van der Waals surface area contributed by atoms with Gasteiger partial charge in [-0.05, 0) is 147 Å². The first-order valence-electron chi connectivity index (χ1n) is 29.4. The minimum atomic E-state index is -0.363. The third kappa shape index (κ3) is 23.2. The van der Waals surface area contributed by atoms with Gasteiger partial charge in [0.25, 0.3) is 17.7 Å². The molecular weight excluding hydrogens is 1190 g/mol. The van der Waals surface area contributed by atoms with Crippen LogP contribution < -0.4 is 60.3 Å². The molecule has 0 aromatic heterocycles. The van der Waals surface area contributed by atoms with Crippen molar-refractivity contribution in [1.82, 2.24) is 31.9 Å². The highest BCUT2D eigenvalue weighted by Crippen LogP contribution is 2.43. The van der Waals surface area contributed by atoms with Gasteiger partial charge in [0.15, 0.2) is 54.3 Å². The summed E-state index contributed by atoms with van der Waals surface area (Å²) >= 11 is 0. The van der Waals surface area contributed by atoms with Gasteiger partial charge < -0.3 is 60.3 Å². The maximum Gasteiger partial charge on any atom is 0.258 e. The van der Waals surface area contributed by atoms with Crippen molar-refractivity contribution in [3.63, 3.8) is 0 Å². The molecule has 3 atom stereocenters. The number of amides is 6. The molecule has 6 N–H and O–H groups in total. The van der Waals surface area contributed by atoms with E-state index in [4.69, 9.17) is 28.4 Å². The summed E-state index contributed by atoms with van der Waals surface area (Å²) in [6, 6.07) is 11.3. The number of methoxy groups -OCH3 is 3. The van der Waals surface area contributed by atoms with Crippen LogP contribution in [0.5, 0.6) is 34.5 Å². The molecule has 0 spiro atoms. The molecule has 3 saturated heterocycles. The molecule has 18 nitrogen and oxygen atoms in total. The van der Waals surface area contributed by atoms with E-state index in [1.54, 1.807) is 14.2 Å². The van der Waals surface area contributed by atoms with Gasteiger partial charge in [0.2, 0.25) is 17.7 Å². The van der Waals surface area contributed by atoms with E-state index in [2.05, 4.69) is 31.9 Å². The van der Waals surface area contributed by atoms with Crippen molar-refractivity contribution in [1.29, 1.82) is 0 Å². The molecule has 6 amide bonds. The second-order valence-corrected chi connectivity index (χ2v) is 29.4. The number of benzene rings is 3. The number of rotatable bonds is 36. The standard InChI is InChI=1S/C60H84N6O12S6/c1-73-49-31-40-28-41-32-50(74-2)53(77-38-59(71)65-23-20-62-56(68)14-8-5-11-47-17-26-80-83-47)35-44(41)30-45-36-54(78-39-60(72)66-24-21-63-57(69)15-9-6-12-48-18-27-81-84-48)51(75-3)33-42(45)29-43(40)34-52(49)76-37-58(70)64-22-19-61-55(67)13-7-4-10-46-16-25-79-82-46/h31-36,46-48H,4-30,37-39H2,1-3H3,(H,61,67)(H,62,68)(H,63,69)(H,64,70)(H,65,71)(H,66,72). The molecule has 0 radical (unpaired) electrons. The van der Waals surface area contributed by atoms with Crippen LogP contribution in [-0.4, -0.2) is 149 Å². The summed E-state index contributed by atoms with van der Waals surface area (Å²) in [6.07, 6.45) is 15.3. The van der Waals surface area contributed by atoms with Crippen LogP contribution in [0.2, 0.25) is 0 Å². The van der Waals surface area contributed by atoms with Crippen molar-refractivity contribution in [2.45, 2.75) is 131 Å². The Labute approximate surface area is 519 Å². The molecule has 1 aliphatic carbocycles. The molecule has 3 aromatic carbocycles. The molecular formula is C60H84N6O12S6. The van der Waals surface area contributed by atoms with E-state index in [1.807, 2.05) is 101 Å². The summed E-state index contributed by atoms with van der Waals surface area (Å²) in [4.78, 5) is 76.8. The molecule has 3 heterocycles. The first-order valence-corrected chi connectivity index (χ1v) is 36.5. The zero-order valence-electron chi connectivity index (χ0n) is 48.8. The van der Waals surface area contributed by atoms with Crippen LogP contribution in [0.4, 0.5) is 0 Å². The third-order valence-electron chi connectivity index (χ3n) is 14.7. The predicted molar refractivity (Wildman–Crippen MR) is 343 cm³/mol. The van der Waals surface area contributed by atoms with Gasteiger partial charge in [-0.2, -0.15) is 0 Å². The van der Waals surface area contributed by atoms with Crippen molar-refractivity contribution in [2.75, 3.05) is 97.7 Å². The van der Waals surface area contributed by atoms with E-state index in [0.717, 1.165) is 91.2 Å². The van der Waals surface area contributed by atoms with Gasteiger partial charge in [-0.25, -0.2) is 0 Å². The fourth-order valence-electron chi connectivity index (χ4n) is 10.1. The Kier molecular flexibility index (Phi) is 29.6. The molecule has 462 valence electrons. The van der Waals surface area contributed by atoms with Gasteiger partial charge in [-0.3, -0.25) is 28.8 Å². The van der Waals surface area contributed by atoms with Crippen molar-refractivity contribution >= 4 is 100 Å². The monoisotopic (exact) mass is 1270 g/mol. The van der Waals surface area contributed by atoms with Gasteiger partial charge in [-0.15, -0.1) is 0 Å². The first kappa shape index (κ1) is 66.9. The number of fused-ring (bicyclic) bond motifs is 3. The Hall–Kier alpha value is -4.62. The molecule has 24 heteroatoms. The Morgan fingerprint density at radius 3 is 0.857 bits per heavy atom. The van der Waals surface area contributed by atoms with Crippen LogP contribution in [0.3, 0.4) is 0 Å². The number of unbranched alkanes of at least 4 members (excludes halogenated alkanes) is 3. The van der Waals surface area contributed by atoms with Crippen molar-refractivity contribution in [3.8, 4) is 34.5 Å². The van der Waals surface area contributed by atoms with Gasteiger partial charge >= 0.3 is 0 Å². The normalized spacial score (nSPS) is 17.0. The lowest BCUT2D eigenvalue weighted by molar-refractivity contribution is -0.124. The van der Waals surface area contributed by atoms with Gasteiger partial charge in [0.1, 0.15) is 0 Å². The molecule has 4 aliphatic rings. The summed E-state index contributed by atoms with van der Waals surface area (Å²) in [5.41, 5.74) is 5.33. The van der Waals surface area contributed by atoms with E-state index >= 15 is 0 Å². The number of carbonyl (C=O) groups is 6. The Morgan fingerprint density at radius 1 is 0.369 bits per heavy atom. The Morgan fingerprint density at radius 2 is 0.619 bits per heavy atom. The molecule has 0 bridgehead atoms. The second kappa shape index (κ2) is 37.2. The van der Waals surface area contributed by atoms with Crippen molar-refractivity contribution in [3.05, 3.63) is 69.8 Å². The van der Waals surface area contributed by atoms with Crippen LogP contribution in [0.15, 0.2) is 36.4 Å². The smallest absolute Gasteiger partial charge is 0.258 e. The lowest BCUT2D eigenvalue weighted by Crippen LogP contribution is -2.36. The fraction of sp³-hybridized carbons (Fsp3) is 0.600. The predicted octanol–water partition coefficient (Wildman–Crippen LogP) is 8.77. The lowest BCUT2D eigenvalue weighted by atomic mass is 9.94. The van der Waals surface area contributed by atoms with E-state index in [-0.39, 0.29) is 74.9 Å². The lowest BCUT2D eigenvalue weighted by Gasteiger charge is -2.18. The Bertz CT molecular complexity index is 2640. The maximum absolute atomic E-state index is 13.1. The van der Waals surface area contributed by atoms with Gasteiger partial charge in [-0.1, -0.05) is 84.0 Å². The van der Waals surface area contributed by atoms with Gasteiger partial charge in [0.05, 0.1) is 21.3 Å². The largest absolute Gasteiger partial charge is 0.493 e. The highest BCUT2D eigenvalue weighted by Gasteiger charge is 2.25. The second-order valence-electron chi connectivity index (χ2n) is 21.0. The minimum absolute atomic E-state index is 0.0252. The zero-order chi connectivity index (χ0) is 59.3. The fourth-order valence-corrected chi connectivity index (χ4v) is 19.2. The average Bonchev–Trinajstić information content (AvgIpc) is 4.50. The molecule has 3 unspecified atom stereocenters. The number of nitrogens with one attached hydrogen (secondary N) is 6. The van der Waals surface area contributed by atoms with Crippen molar-refractivity contribution in [2.24, 2.45) is 0 Å². The van der Waals surface area contributed by atoms with Gasteiger partial charge in [0, 0.05) is 91.5 Å². The first-order chi connectivity index (χ1) is 41.0. The zero-order valence-corrected chi connectivity index (χ0v) is 53.7. The molecule has 0 saturated carbocycles. The molecule has 3 aromatic rings. The van der Waals surface area contributed by atoms with Crippen LogP contribution in [0.25, 0.3) is 0 Å². The van der Waals surface area contributed by atoms with E-state index < -0.39 is 0 Å². The van der Waals surface area contributed by atoms with Crippen LogP contribution in [-0.2, 0) is 48.0 Å². The summed E-state index contributed by atoms with van der Waals surface area (Å²) in [5.74, 6) is 4.78. The highest BCUT2D eigenvalue weighted by atomic mass is 33.1. The van der Waals surface area contributed by atoms with Crippen molar-refractivity contribution < 1.29 is 57.2 Å². The summed E-state index contributed by atoms with van der Waals surface area (Å²) in [5, 5.41) is 19.3. The Balaban J connectivity index is 0.990. The summed E-state index contributed by atoms with van der Waals surface area (Å²) in [7, 11) is 16.3. The van der Waals surface area contributed by atoms with Crippen LogP contribution in [0.1, 0.15) is 130 Å². The highest BCUT2D eigenvalue weighted by molar-refractivity contribution is 8.78. The van der Waals surface area contributed by atoms with E-state index in [1.165, 1.54) is 43.6 Å². The SMILES string of the molecule is COc1cc2c(cc1OCC(=O)NCCNC(=O)CCCCC1CCSS1)Cc1cc(OC)c(OCC(=O)NCCNC(=O)CCCCC3CCSS3)cc1Cc1cc(OCC(=O)NCCNC(=O)CCCCC3CCSS3)c(OC)cc1C2. The minimum Gasteiger partial charge on any atom is -0.493 e. The van der Waals surface area contributed by atoms with E-state index in [0.29, 0.717) is 108 Å². The maximum atomic E-state index is 13.1. The number of hydrogen-bond donors (Lipinski definition) is 6. The molecule has 3 aliphatic heterocycles. The van der Waals surface area contributed by atoms with Crippen LogP contribution in [0, 0.1) is 0 Å². The summed E-state index contributed by atoms with van der Waals surface area (Å²) in [6.45, 7) is 0.772. The quantitative estimate of drug-likeness (QED) is 0.0185. The van der Waals surface area contributed by atoms with Crippen LogP contribution >= 0.6 is 64.8 Å². The molecule has 7 rings (SSSR count). The topological polar surface area (TPSA) is 230 Å². The average molecular weight is 1270 g/mol. The number of carbonyl (C=O) groups excluding carboxylic acids is 6. The van der Waals surface area contributed by atoms with E-state index in [9.17, 15) is 28.8 Å². The summed E-state index contributed by atoms with van der Waals surface area (Å²) < 4.78 is 36.1. The molecule has 3 fully saturated rings.